The third-order valence-electron chi connectivity index (χ3n) is 8.35. The van der Waals surface area contributed by atoms with E-state index in [2.05, 4.69) is 54.2 Å². The second-order valence-electron chi connectivity index (χ2n) is 11.2. The normalized spacial score (nSPS) is 19.8. The van der Waals surface area contributed by atoms with Crippen LogP contribution >= 0.6 is 0 Å². The van der Waals surface area contributed by atoms with E-state index in [4.69, 9.17) is 0 Å². The van der Waals surface area contributed by atoms with E-state index in [1.165, 1.54) is 88.2 Å². The fraction of sp³-hybridized carbons (Fsp3) is 0.667. The SMILES string of the molecule is CCCCCCCCCCc1cnc(-c2ccc(C3CCC(C#N)(CCCCCC)CC3)cc2)nc1. The molecule has 1 aromatic heterocycles. The van der Waals surface area contributed by atoms with E-state index < -0.39 is 0 Å². The number of benzene rings is 1. The van der Waals surface area contributed by atoms with Crippen LogP contribution in [0.4, 0.5) is 0 Å². The van der Waals surface area contributed by atoms with Gasteiger partial charge in [-0.05, 0) is 62.0 Å². The van der Waals surface area contributed by atoms with Gasteiger partial charge in [0.15, 0.2) is 5.82 Å². The molecule has 3 rings (SSSR count). The van der Waals surface area contributed by atoms with Crippen LogP contribution in [0.25, 0.3) is 11.4 Å². The van der Waals surface area contributed by atoms with Gasteiger partial charge in [0.25, 0.3) is 0 Å². The molecule has 1 fully saturated rings. The van der Waals surface area contributed by atoms with Gasteiger partial charge in [0.2, 0.25) is 0 Å². The van der Waals surface area contributed by atoms with Gasteiger partial charge in [-0.25, -0.2) is 9.97 Å². The maximum Gasteiger partial charge on any atom is 0.159 e. The molecule has 1 aliphatic carbocycles. The fourth-order valence-corrected chi connectivity index (χ4v) is 5.81. The molecule has 0 atom stereocenters. The highest BCUT2D eigenvalue weighted by Gasteiger charge is 2.35. The fourth-order valence-electron chi connectivity index (χ4n) is 5.81. The summed E-state index contributed by atoms with van der Waals surface area (Å²) in [6, 6.07) is 11.6. The minimum Gasteiger partial charge on any atom is -0.236 e. The molecule has 3 heteroatoms. The van der Waals surface area contributed by atoms with Crippen molar-refractivity contribution in [1.29, 1.82) is 5.26 Å². The number of hydrogen-bond donors (Lipinski definition) is 0. The molecule has 0 aliphatic heterocycles. The summed E-state index contributed by atoms with van der Waals surface area (Å²) < 4.78 is 0. The van der Waals surface area contributed by atoms with Crippen LogP contribution < -0.4 is 0 Å². The van der Waals surface area contributed by atoms with E-state index in [1.54, 1.807) is 0 Å². The van der Waals surface area contributed by atoms with E-state index >= 15 is 0 Å². The summed E-state index contributed by atoms with van der Waals surface area (Å²) in [6.07, 6.45) is 26.4. The van der Waals surface area contributed by atoms with Gasteiger partial charge < -0.3 is 0 Å². The number of unbranched alkanes of at least 4 members (excludes halogenated alkanes) is 10. The smallest absolute Gasteiger partial charge is 0.159 e. The Hall–Kier alpha value is -2.21. The lowest BCUT2D eigenvalue weighted by Crippen LogP contribution is -2.25. The third kappa shape index (κ3) is 9.02. The highest BCUT2D eigenvalue weighted by Crippen LogP contribution is 2.45. The van der Waals surface area contributed by atoms with Gasteiger partial charge in [0.05, 0.1) is 11.5 Å². The molecule has 0 amide bonds. The molecule has 36 heavy (non-hydrogen) atoms. The molecule has 0 bridgehead atoms. The van der Waals surface area contributed by atoms with E-state index in [-0.39, 0.29) is 5.41 Å². The Labute approximate surface area is 221 Å². The van der Waals surface area contributed by atoms with Gasteiger partial charge in [0, 0.05) is 18.0 Å². The molecule has 1 saturated carbocycles. The highest BCUT2D eigenvalue weighted by atomic mass is 14.9. The monoisotopic (exact) mass is 487 g/mol. The van der Waals surface area contributed by atoms with Gasteiger partial charge in [-0.3, -0.25) is 0 Å². The summed E-state index contributed by atoms with van der Waals surface area (Å²) in [6.45, 7) is 4.52. The largest absolute Gasteiger partial charge is 0.236 e. The second-order valence-corrected chi connectivity index (χ2v) is 11.2. The van der Waals surface area contributed by atoms with Crippen LogP contribution in [0.5, 0.6) is 0 Å². The van der Waals surface area contributed by atoms with Crippen LogP contribution in [0, 0.1) is 16.7 Å². The maximum absolute atomic E-state index is 9.88. The van der Waals surface area contributed by atoms with Crippen LogP contribution in [0.3, 0.4) is 0 Å². The summed E-state index contributed by atoms with van der Waals surface area (Å²) in [4.78, 5) is 9.33. The summed E-state index contributed by atoms with van der Waals surface area (Å²) >= 11 is 0. The molecule has 0 unspecified atom stereocenters. The predicted molar refractivity (Wildman–Crippen MR) is 152 cm³/mol. The molecule has 0 N–H and O–H groups in total. The lowest BCUT2D eigenvalue weighted by molar-refractivity contribution is 0.223. The quantitative estimate of drug-likeness (QED) is 0.221. The zero-order chi connectivity index (χ0) is 25.5. The average Bonchev–Trinajstić information content (AvgIpc) is 2.93. The van der Waals surface area contributed by atoms with Crippen molar-refractivity contribution in [1.82, 2.24) is 9.97 Å². The summed E-state index contributed by atoms with van der Waals surface area (Å²) in [5, 5.41) is 9.88. The van der Waals surface area contributed by atoms with Crippen molar-refractivity contribution in [3.05, 3.63) is 47.8 Å². The number of nitrogens with zero attached hydrogens (tertiary/aromatic N) is 3. The average molecular weight is 488 g/mol. The zero-order valence-electron chi connectivity index (χ0n) is 23.1. The standard InChI is InChI=1S/C33H49N3/c1-3-5-7-9-10-11-12-13-15-28-25-35-32(36-26-28)31-18-16-29(17-19-31)30-20-23-33(27-34,24-21-30)22-14-8-6-4-2/h16-19,25-26,30H,3-15,20-24H2,1-2H3. The molecular formula is C33H49N3. The summed E-state index contributed by atoms with van der Waals surface area (Å²) in [7, 11) is 0. The lowest BCUT2D eigenvalue weighted by Gasteiger charge is -2.35. The first kappa shape index (κ1) is 28.4. The topological polar surface area (TPSA) is 49.6 Å². The Morgan fingerprint density at radius 1 is 0.778 bits per heavy atom. The van der Waals surface area contributed by atoms with Crippen LogP contribution in [0.2, 0.25) is 0 Å². The van der Waals surface area contributed by atoms with Crippen molar-refractivity contribution in [3.63, 3.8) is 0 Å². The molecule has 0 spiro atoms. The summed E-state index contributed by atoms with van der Waals surface area (Å²) in [5.74, 6) is 1.39. The van der Waals surface area contributed by atoms with Crippen molar-refractivity contribution in [3.8, 4) is 17.5 Å². The Morgan fingerprint density at radius 2 is 1.33 bits per heavy atom. The molecule has 0 radical (unpaired) electrons. The second kappa shape index (κ2) is 15.8. The molecule has 1 heterocycles. The number of hydrogen-bond acceptors (Lipinski definition) is 3. The van der Waals surface area contributed by atoms with Crippen molar-refractivity contribution >= 4 is 0 Å². The minimum absolute atomic E-state index is 0.0750. The lowest BCUT2D eigenvalue weighted by atomic mass is 9.67. The first-order valence-corrected chi connectivity index (χ1v) is 15.0. The van der Waals surface area contributed by atoms with Gasteiger partial charge in [-0.1, -0.05) is 109 Å². The van der Waals surface area contributed by atoms with E-state index in [0.29, 0.717) is 5.92 Å². The van der Waals surface area contributed by atoms with Crippen molar-refractivity contribution in [2.24, 2.45) is 5.41 Å². The Bertz CT molecular complexity index is 886. The van der Waals surface area contributed by atoms with Gasteiger partial charge >= 0.3 is 0 Å². The van der Waals surface area contributed by atoms with Crippen LogP contribution in [-0.4, -0.2) is 9.97 Å². The van der Waals surface area contributed by atoms with Crippen molar-refractivity contribution in [2.75, 3.05) is 0 Å². The van der Waals surface area contributed by atoms with E-state index in [1.807, 2.05) is 12.4 Å². The molecule has 1 aliphatic rings. The van der Waals surface area contributed by atoms with Crippen LogP contribution in [0.15, 0.2) is 36.7 Å². The van der Waals surface area contributed by atoms with Crippen LogP contribution in [-0.2, 0) is 6.42 Å². The van der Waals surface area contributed by atoms with Crippen molar-refractivity contribution in [2.45, 2.75) is 135 Å². The van der Waals surface area contributed by atoms with E-state index in [0.717, 1.165) is 49.9 Å². The van der Waals surface area contributed by atoms with Crippen LogP contribution in [0.1, 0.15) is 140 Å². The maximum atomic E-state index is 9.88. The number of nitriles is 1. The Balaban J connectivity index is 1.42. The Kier molecular flexibility index (Phi) is 12.5. The van der Waals surface area contributed by atoms with Gasteiger partial charge in [-0.15, -0.1) is 0 Å². The molecule has 2 aromatic rings. The Morgan fingerprint density at radius 3 is 1.92 bits per heavy atom. The predicted octanol–water partition coefficient (Wildman–Crippen LogP) is 9.96. The highest BCUT2D eigenvalue weighted by molar-refractivity contribution is 5.55. The number of aromatic nitrogens is 2. The number of rotatable bonds is 16. The first-order valence-electron chi connectivity index (χ1n) is 15.0. The zero-order valence-corrected chi connectivity index (χ0v) is 23.1. The number of aryl methyl sites for hydroxylation is 1. The molecule has 0 saturated heterocycles. The first-order chi connectivity index (χ1) is 17.7. The van der Waals surface area contributed by atoms with E-state index in [9.17, 15) is 5.26 Å². The molecule has 3 nitrogen and oxygen atoms in total. The molecule has 1 aromatic carbocycles. The van der Waals surface area contributed by atoms with Crippen molar-refractivity contribution < 1.29 is 0 Å². The molecular weight excluding hydrogens is 438 g/mol. The van der Waals surface area contributed by atoms with Gasteiger partial charge in [0.1, 0.15) is 0 Å². The molecule has 196 valence electrons. The third-order valence-corrected chi connectivity index (χ3v) is 8.35. The minimum atomic E-state index is -0.0750. The summed E-state index contributed by atoms with van der Waals surface area (Å²) in [5.41, 5.74) is 3.67. The van der Waals surface area contributed by atoms with Gasteiger partial charge in [-0.2, -0.15) is 5.26 Å².